The summed E-state index contributed by atoms with van der Waals surface area (Å²) in [6.07, 6.45) is 2.27. The van der Waals surface area contributed by atoms with Crippen LogP contribution in [0.3, 0.4) is 0 Å². The topological polar surface area (TPSA) is 107 Å². The highest BCUT2D eigenvalue weighted by atomic mass is 35.5. The second-order valence-corrected chi connectivity index (χ2v) is 9.68. The SMILES string of the molecule is Cc1cc(CN(C2CCC2)C(C)c2ccc(Cl)c(F)c2)ccc1OCCN1C(=O)CCC1=O.O=C(O)O. The molecule has 10 heteroatoms. The van der Waals surface area contributed by atoms with Gasteiger partial charge in [0.1, 0.15) is 18.2 Å². The summed E-state index contributed by atoms with van der Waals surface area (Å²) < 4.78 is 19.9. The molecule has 1 aliphatic heterocycles. The number of ether oxygens (including phenoxy) is 1. The fraction of sp³-hybridized carbons (Fsp3) is 0.444. The number of likely N-dealkylation sites (tertiary alicyclic amines) is 1. The molecule has 1 unspecified atom stereocenters. The van der Waals surface area contributed by atoms with Crippen LogP contribution in [0.1, 0.15) is 61.8 Å². The number of hydrogen-bond acceptors (Lipinski definition) is 5. The van der Waals surface area contributed by atoms with Crippen molar-refractivity contribution in [2.45, 2.75) is 64.6 Å². The van der Waals surface area contributed by atoms with Crippen LogP contribution >= 0.6 is 11.6 Å². The Morgan fingerprint density at radius 1 is 1.16 bits per heavy atom. The molecular formula is C27H32ClFN2O6. The average Bonchev–Trinajstić information content (AvgIpc) is 3.12. The Morgan fingerprint density at radius 3 is 2.35 bits per heavy atom. The molecule has 0 radical (unpaired) electrons. The maximum atomic E-state index is 14.1. The Hall–Kier alpha value is -3.17. The van der Waals surface area contributed by atoms with Gasteiger partial charge in [-0.15, -0.1) is 0 Å². The number of carbonyl (C=O) groups excluding carboxylic acids is 2. The van der Waals surface area contributed by atoms with Gasteiger partial charge in [-0.25, -0.2) is 9.18 Å². The summed E-state index contributed by atoms with van der Waals surface area (Å²) in [5, 5.41) is 14.1. The van der Waals surface area contributed by atoms with E-state index < -0.39 is 6.16 Å². The van der Waals surface area contributed by atoms with E-state index in [4.69, 9.17) is 31.3 Å². The lowest BCUT2D eigenvalue weighted by molar-refractivity contribution is -0.138. The molecular weight excluding hydrogens is 503 g/mol. The standard InChI is InChI=1S/C26H30ClFN2O3.CH2O3/c1-17-14-19(6-9-24(17)33-13-12-29-25(31)10-11-26(29)32)16-30(21-4-3-5-21)18(2)20-7-8-22(27)23(28)15-20;2-1(3)4/h6-9,14-15,18,21H,3-5,10-13,16H2,1-2H3;(H2,2,3,4). The maximum Gasteiger partial charge on any atom is 0.503 e. The summed E-state index contributed by atoms with van der Waals surface area (Å²) in [5.74, 6) is 0.119. The van der Waals surface area contributed by atoms with Crippen molar-refractivity contribution in [1.29, 1.82) is 0 Å². The average molecular weight is 535 g/mol. The number of hydrogen-bond donors (Lipinski definition) is 2. The molecule has 200 valence electrons. The first kappa shape index (κ1) is 28.4. The molecule has 4 rings (SSSR count). The third-order valence-electron chi connectivity index (χ3n) is 6.80. The van der Waals surface area contributed by atoms with Crippen molar-refractivity contribution < 1.29 is 33.7 Å². The lowest BCUT2D eigenvalue weighted by atomic mass is 9.89. The maximum absolute atomic E-state index is 14.1. The largest absolute Gasteiger partial charge is 0.503 e. The van der Waals surface area contributed by atoms with Gasteiger partial charge in [-0.1, -0.05) is 36.2 Å². The van der Waals surface area contributed by atoms with Crippen molar-refractivity contribution in [3.8, 4) is 5.75 Å². The van der Waals surface area contributed by atoms with Crippen molar-refractivity contribution in [1.82, 2.24) is 9.80 Å². The lowest BCUT2D eigenvalue weighted by Gasteiger charge is -2.41. The lowest BCUT2D eigenvalue weighted by Crippen LogP contribution is -2.41. The smallest absolute Gasteiger partial charge is 0.491 e. The minimum absolute atomic E-state index is 0.0637. The summed E-state index contributed by atoms with van der Waals surface area (Å²) in [6.45, 7) is 5.44. The quantitative estimate of drug-likeness (QED) is 0.400. The molecule has 2 aliphatic rings. The molecule has 0 spiro atoms. The van der Waals surface area contributed by atoms with Crippen molar-refractivity contribution in [2.75, 3.05) is 13.2 Å². The van der Waals surface area contributed by atoms with E-state index in [1.165, 1.54) is 17.4 Å². The Morgan fingerprint density at radius 2 is 1.81 bits per heavy atom. The number of benzene rings is 2. The first-order valence-corrected chi connectivity index (χ1v) is 12.6. The minimum Gasteiger partial charge on any atom is -0.491 e. The molecule has 2 aromatic carbocycles. The number of rotatable bonds is 9. The van der Waals surface area contributed by atoms with Crippen molar-refractivity contribution in [3.05, 3.63) is 63.9 Å². The summed E-state index contributed by atoms with van der Waals surface area (Å²) in [4.78, 5) is 35.7. The van der Waals surface area contributed by atoms with E-state index in [0.717, 1.165) is 41.8 Å². The van der Waals surface area contributed by atoms with E-state index in [1.54, 1.807) is 6.07 Å². The number of aryl methyl sites for hydroxylation is 1. The fourth-order valence-electron chi connectivity index (χ4n) is 4.57. The summed E-state index contributed by atoms with van der Waals surface area (Å²) in [5.41, 5.74) is 3.09. The number of carboxylic acid groups (broad SMARTS) is 2. The molecule has 2 fully saturated rings. The minimum atomic E-state index is -1.83. The molecule has 0 aromatic heterocycles. The molecule has 2 aromatic rings. The Balaban J connectivity index is 0.000000886. The number of carbonyl (C=O) groups is 3. The predicted molar refractivity (Wildman–Crippen MR) is 136 cm³/mol. The second kappa shape index (κ2) is 12.9. The predicted octanol–water partition coefficient (Wildman–Crippen LogP) is 5.65. The monoisotopic (exact) mass is 534 g/mol. The first-order valence-electron chi connectivity index (χ1n) is 12.2. The highest BCUT2D eigenvalue weighted by Gasteiger charge is 2.30. The van der Waals surface area contributed by atoms with E-state index in [9.17, 15) is 14.0 Å². The van der Waals surface area contributed by atoms with Gasteiger partial charge in [0.15, 0.2) is 0 Å². The third-order valence-corrected chi connectivity index (χ3v) is 7.11. The zero-order valence-corrected chi connectivity index (χ0v) is 21.7. The van der Waals surface area contributed by atoms with Gasteiger partial charge in [0.05, 0.1) is 11.6 Å². The molecule has 1 saturated carbocycles. The van der Waals surface area contributed by atoms with E-state index in [2.05, 4.69) is 24.0 Å². The van der Waals surface area contributed by atoms with Crippen molar-refractivity contribution >= 4 is 29.6 Å². The molecule has 2 N–H and O–H groups in total. The summed E-state index contributed by atoms with van der Waals surface area (Å²) in [6, 6.07) is 11.7. The highest BCUT2D eigenvalue weighted by Crippen LogP contribution is 2.35. The fourth-order valence-corrected chi connectivity index (χ4v) is 4.68. The highest BCUT2D eigenvalue weighted by molar-refractivity contribution is 6.30. The van der Waals surface area contributed by atoms with Crippen LogP contribution in [0.4, 0.5) is 9.18 Å². The van der Waals surface area contributed by atoms with Crippen LogP contribution in [0.5, 0.6) is 5.75 Å². The molecule has 1 aliphatic carbocycles. The van der Waals surface area contributed by atoms with Crippen LogP contribution in [0.15, 0.2) is 36.4 Å². The summed E-state index contributed by atoms with van der Waals surface area (Å²) in [7, 11) is 0. The number of halogens is 2. The van der Waals surface area contributed by atoms with Crippen LogP contribution in [0.25, 0.3) is 0 Å². The van der Waals surface area contributed by atoms with Crippen molar-refractivity contribution in [3.63, 3.8) is 0 Å². The van der Waals surface area contributed by atoms with Crippen molar-refractivity contribution in [2.24, 2.45) is 0 Å². The van der Waals surface area contributed by atoms with E-state index in [-0.39, 0.29) is 41.8 Å². The number of imide groups is 1. The normalized spacial score (nSPS) is 16.3. The van der Waals surface area contributed by atoms with Crippen LogP contribution < -0.4 is 4.74 Å². The van der Waals surface area contributed by atoms with Gasteiger partial charge >= 0.3 is 6.16 Å². The van der Waals surface area contributed by atoms with Gasteiger partial charge in [0.25, 0.3) is 0 Å². The van der Waals surface area contributed by atoms with Gasteiger partial charge in [-0.2, -0.15) is 0 Å². The van der Waals surface area contributed by atoms with E-state index in [1.807, 2.05) is 19.1 Å². The zero-order valence-electron chi connectivity index (χ0n) is 21.0. The van der Waals surface area contributed by atoms with Gasteiger partial charge in [0, 0.05) is 31.5 Å². The molecule has 2 amide bonds. The van der Waals surface area contributed by atoms with E-state index in [0.29, 0.717) is 18.9 Å². The zero-order chi connectivity index (χ0) is 27.1. The van der Waals surface area contributed by atoms with Gasteiger partial charge in [0.2, 0.25) is 11.8 Å². The van der Waals surface area contributed by atoms with Crippen LogP contribution in [0, 0.1) is 12.7 Å². The van der Waals surface area contributed by atoms with E-state index >= 15 is 0 Å². The molecule has 1 saturated heterocycles. The van der Waals surface area contributed by atoms with Crippen LogP contribution in [-0.4, -0.2) is 57.2 Å². The Labute approximate surface area is 220 Å². The Kier molecular flexibility index (Phi) is 9.88. The van der Waals surface area contributed by atoms with Gasteiger partial charge in [-0.3, -0.25) is 19.4 Å². The van der Waals surface area contributed by atoms with Gasteiger partial charge < -0.3 is 14.9 Å². The molecule has 37 heavy (non-hydrogen) atoms. The molecule has 1 atom stereocenters. The number of nitrogens with zero attached hydrogens (tertiary/aromatic N) is 2. The molecule has 8 nitrogen and oxygen atoms in total. The molecule has 0 bridgehead atoms. The Bertz CT molecular complexity index is 1120. The number of amides is 2. The van der Waals surface area contributed by atoms with Crippen LogP contribution in [-0.2, 0) is 16.1 Å². The summed E-state index contributed by atoms with van der Waals surface area (Å²) >= 11 is 5.88. The second-order valence-electron chi connectivity index (χ2n) is 9.28. The molecule has 1 heterocycles. The van der Waals surface area contributed by atoms with Crippen LogP contribution in [0.2, 0.25) is 5.02 Å². The van der Waals surface area contributed by atoms with Gasteiger partial charge in [-0.05, 0) is 61.6 Å². The first-order chi connectivity index (χ1) is 17.6. The third kappa shape index (κ3) is 7.66.